The molecular formula is C13H17FN2O5S. The Hall–Kier alpha value is -2.00. The number of carbonyl (C=O) groups excluding carboxylic acids is 2. The van der Waals surface area contributed by atoms with Crippen molar-refractivity contribution in [2.45, 2.75) is 18.2 Å². The monoisotopic (exact) mass is 332 g/mol. The molecule has 0 fully saturated rings. The zero-order valence-electron chi connectivity index (χ0n) is 12.2. The molecule has 0 aliphatic carbocycles. The zero-order valence-corrected chi connectivity index (χ0v) is 13.0. The highest BCUT2D eigenvalue weighted by Gasteiger charge is 2.19. The Kier molecular flexibility index (Phi) is 6.44. The van der Waals surface area contributed by atoms with Crippen LogP contribution in [0.3, 0.4) is 0 Å². The highest BCUT2D eigenvalue weighted by molar-refractivity contribution is 7.89. The summed E-state index contributed by atoms with van der Waals surface area (Å²) in [7, 11) is -2.63. The quantitative estimate of drug-likeness (QED) is 0.705. The van der Waals surface area contributed by atoms with E-state index < -0.39 is 39.9 Å². The molecule has 0 atom stereocenters. The largest absolute Gasteiger partial charge is 0.452 e. The number of benzene rings is 1. The minimum Gasteiger partial charge on any atom is -0.452 e. The predicted octanol–water partition coefficient (Wildman–Crippen LogP) is 0.417. The first-order valence-corrected chi connectivity index (χ1v) is 7.97. The van der Waals surface area contributed by atoms with Gasteiger partial charge < -0.3 is 10.1 Å². The van der Waals surface area contributed by atoms with Crippen molar-refractivity contribution >= 4 is 21.9 Å². The fourth-order valence-electron chi connectivity index (χ4n) is 1.47. The van der Waals surface area contributed by atoms with Gasteiger partial charge in [-0.15, -0.1) is 0 Å². The highest BCUT2D eigenvalue weighted by atomic mass is 32.2. The Balaban J connectivity index is 2.85. The molecule has 0 aliphatic heterocycles. The van der Waals surface area contributed by atoms with Crippen molar-refractivity contribution in [3.05, 3.63) is 29.6 Å². The van der Waals surface area contributed by atoms with Gasteiger partial charge in [0.2, 0.25) is 10.0 Å². The molecule has 0 saturated carbocycles. The smallest absolute Gasteiger partial charge is 0.341 e. The van der Waals surface area contributed by atoms with Crippen LogP contribution in [0.25, 0.3) is 0 Å². The van der Waals surface area contributed by atoms with Crippen molar-refractivity contribution in [2.75, 3.05) is 20.2 Å². The second kappa shape index (κ2) is 7.85. The number of halogens is 1. The summed E-state index contributed by atoms with van der Waals surface area (Å²) >= 11 is 0. The molecule has 9 heteroatoms. The van der Waals surface area contributed by atoms with Crippen LogP contribution in [0.2, 0.25) is 0 Å². The SMILES string of the molecule is CCCNC(=O)COC(=O)c1cc(S(=O)(=O)NC)ccc1F. The molecule has 2 N–H and O–H groups in total. The van der Waals surface area contributed by atoms with Gasteiger partial charge in [-0.05, 0) is 31.7 Å². The molecule has 0 aromatic heterocycles. The molecule has 0 saturated heterocycles. The molecule has 1 aromatic rings. The Labute approximate surface area is 127 Å². The lowest BCUT2D eigenvalue weighted by Gasteiger charge is -2.08. The third-order valence-corrected chi connectivity index (χ3v) is 4.06. The number of nitrogens with one attached hydrogen (secondary N) is 2. The normalized spacial score (nSPS) is 11.0. The van der Waals surface area contributed by atoms with Crippen LogP contribution in [0.5, 0.6) is 0 Å². The van der Waals surface area contributed by atoms with Gasteiger partial charge in [-0.2, -0.15) is 0 Å². The minimum absolute atomic E-state index is 0.279. The van der Waals surface area contributed by atoms with E-state index in [9.17, 15) is 22.4 Å². The van der Waals surface area contributed by atoms with E-state index in [2.05, 4.69) is 14.8 Å². The van der Waals surface area contributed by atoms with Gasteiger partial charge in [0.1, 0.15) is 5.82 Å². The van der Waals surface area contributed by atoms with Gasteiger partial charge in [0.25, 0.3) is 5.91 Å². The topological polar surface area (TPSA) is 102 Å². The van der Waals surface area contributed by atoms with Crippen molar-refractivity contribution < 1.29 is 27.1 Å². The van der Waals surface area contributed by atoms with E-state index in [0.29, 0.717) is 6.54 Å². The van der Waals surface area contributed by atoms with Crippen LogP contribution in [-0.4, -0.2) is 40.5 Å². The second-order valence-electron chi connectivity index (χ2n) is 4.28. The lowest BCUT2D eigenvalue weighted by atomic mass is 10.2. The molecule has 22 heavy (non-hydrogen) atoms. The maximum Gasteiger partial charge on any atom is 0.341 e. The van der Waals surface area contributed by atoms with E-state index >= 15 is 0 Å². The Morgan fingerprint density at radius 3 is 2.59 bits per heavy atom. The molecule has 0 radical (unpaired) electrons. The number of esters is 1. The number of amides is 1. The fourth-order valence-corrected chi connectivity index (χ4v) is 2.23. The van der Waals surface area contributed by atoms with Gasteiger partial charge in [0.05, 0.1) is 10.5 Å². The lowest BCUT2D eigenvalue weighted by molar-refractivity contribution is -0.124. The van der Waals surface area contributed by atoms with Crippen molar-refractivity contribution in [3.63, 3.8) is 0 Å². The molecule has 0 aliphatic rings. The minimum atomic E-state index is -3.82. The average molecular weight is 332 g/mol. The molecule has 7 nitrogen and oxygen atoms in total. The molecule has 1 amide bonds. The van der Waals surface area contributed by atoms with Crippen LogP contribution in [0.4, 0.5) is 4.39 Å². The summed E-state index contributed by atoms with van der Waals surface area (Å²) in [5.41, 5.74) is -0.556. The molecule has 0 bridgehead atoms. The van der Waals surface area contributed by atoms with Gasteiger partial charge in [0.15, 0.2) is 6.61 Å². The van der Waals surface area contributed by atoms with Crippen LogP contribution in [0.1, 0.15) is 23.7 Å². The fraction of sp³-hybridized carbons (Fsp3) is 0.385. The first-order valence-electron chi connectivity index (χ1n) is 6.48. The van der Waals surface area contributed by atoms with Gasteiger partial charge in [-0.25, -0.2) is 22.3 Å². The Bertz CT molecular complexity index is 660. The third-order valence-electron chi connectivity index (χ3n) is 2.64. The molecular weight excluding hydrogens is 315 g/mol. The van der Waals surface area contributed by atoms with E-state index in [1.54, 1.807) is 0 Å². The van der Waals surface area contributed by atoms with Crippen LogP contribution in [0.15, 0.2) is 23.1 Å². The average Bonchev–Trinajstić information content (AvgIpc) is 2.50. The molecule has 0 unspecified atom stereocenters. The summed E-state index contributed by atoms with van der Waals surface area (Å²) < 4.78 is 43.6. The van der Waals surface area contributed by atoms with Gasteiger partial charge in [-0.3, -0.25) is 4.79 Å². The number of hydrogen-bond donors (Lipinski definition) is 2. The van der Waals surface area contributed by atoms with E-state index in [1.807, 2.05) is 6.92 Å². The van der Waals surface area contributed by atoms with Crippen molar-refractivity contribution in [1.82, 2.24) is 10.0 Å². The van der Waals surface area contributed by atoms with Gasteiger partial charge in [-0.1, -0.05) is 6.92 Å². The van der Waals surface area contributed by atoms with Crippen LogP contribution in [-0.2, 0) is 19.6 Å². The summed E-state index contributed by atoms with van der Waals surface area (Å²) in [5.74, 6) is -2.57. The van der Waals surface area contributed by atoms with Crippen LogP contribution >= 0.6 is 0 Å². The summed E-state index contributed by atoms with van der Waals surface area (Å²) in [6.07, 6.45) is 0.720. The van der Waals surface area contributed by atoms with Crippen molar-refractivity contribution in [3.8, 4) is 0 Å². The van der Waals surface area contributed by atoms with Gasteiger partial charge >= 0.3 is 5.97 Å². The van der Waals surface area contributed by atoms with Crippen molar-refractivity contribution in [2.24, 2.45) is 0 Å². The second-order valence-corrected chi connectivity index (χ2v) is 6.16. The molecule has 122 valence electrons. The van der Waals surface area contributed by atoms with E-state index in [-0.39, 0.29) is 4.90 Å². The Morgan fingerprint density at radius 1 is 1.32 bits per heavy atom. The number of hydrogen-bond acceptors (Lipinski definition) is 5. The lowest BCUT2D eigenvalue weighted by Crippen LogP contribution is -2.29. The first-order chi connectivity index (χ1) is 10.3. The summed E-state index contributed by atoms with van der Waals surface area (Å²) in [6.45, 7) is 1.72. The first kappa shape index (κ1) is 18.1. The summed E-state index contributed by atoms with van der Waals surface area (Å²) in [5, 5.41) is 2.48. The van der Waals surface area contributed by atoms with Crippen LogP contribution in [0, 0.1) is 5.82 Å². The maximum absolute atomic E-state index is 13.6. The molecule has 1 rings (SSSR count). The Morgan fingerprint density at radius 2 is 2.00 bits per heavy atom. The predicted molar refractivity (Wildman–Crippen MR) is 76.2 cm³/mol. The summed E-state index contributed by atoms with van der Waals surface area (Å²) in [6, 6.07) is 2.72. The number of carbonyl (C=O) groups is 2. The number of ether oxygens (including phenoxy) is 1. The van der Waals surface area contributed by atoms with E-state index in [0.717, 1.165) is 24.6 Å². The molecule has 0 spiro atoms. The highest BCUT2D eigenvalue weighted by Crippen LogP contribution is 2.15. The standard InChI is InChI=1S/C13H17FN2O5S/c1-3-6-16-12(17)8-21-13(18)10-7-9(4-5-11(10)14)22(19,20)15-2/h4-5,7,15H,3,6,8H2,1-2H3,(H,16,17). The zero-order chi connectivity index (χ0) is 16.8. The van der Waals surface area contributed by atoms with E-state index in [1.165, 1.54) is 7.05 Å². The van der Waals surface area contributed by atoms with E-state index in [4.69, 9.17) is 0 Å². The number of sulfonamides is 1. The number of rotatable bonds is 7. The summed E-state index contributed by atoms with van der Waals surface area (Å²) in [4.78, 5) is 22.8. The molecule has 0 heterocycles. The third kappa shape index (κ3) is 4.78. The molecule has 1 aromatic carbocycles. The maximum atomic E-state index is 13.6. The van der Waals surface area contributed by atoms with Crippen LogP contribution < -0.4 is 10.0 Å². The van der Waals surface area contributed by atoms with Gasteiger partial charge in [0, 0.05) is 6.54 Å². The van der Waals surface area contributed by atoms with Crippen molar-refractivity contribution in [1.29, 1.82) is 0 Å².